The molecule has 0 saturated carbocycles. The van der Waals surface area contributed by atoms with Crippen molar-refractivity contribution in [3.05, 3.63) is 12.7 Å². The molecule has 1 aliphatic rings. The Hall–Kier alpha value is -1.99. The molecule has 2 aromatic rings. The van der Waals surface area contributed by atoms with Crippen molar-refractivity contribution in [2.24, 2.45) is 5.73 Å². The van der Waals surface area contributed by atoms with E-state index in [4.69, 9.17) is 15.6 Å². The van der Waals surface area contributed by atoms with Crippen LogP contribution in [0.2, 0.25) is 0 Å². The zero-order valence-electron chi connectivity index (χ0n) is 13.7. The molecule has 0 radical (unpaired) electrons. The number of anilines is 1. The van der Waals surface area contributed by atoms with Crippen LogP contribution >= 0.6 is 11.8 Å². The smallest absolute Gasteiger partial charge is 0.320 e. The van der Waals surface area contributed by atoms with Gasteiger partial charge in [0, 0.05) is 6.42 Å². The average molecular weight is 384 g/mol. The van der Waals surface area contributed by atoms with E-state index in [9.17, 15) is 15.0 Å². The first-order valence-electron chi connectivity index (χ1n) is 7.96. The molecule has 6 N–H and O–H groups in total. The van der Waals surface area contributed by atoms with Gasteiger partial charge >= 0.3 is 5.97 Å². The molecule has 0 bridgehead atoms. The van der Waals surface area contributed by atoms with Crippen LogP contribution in [0.5, 0.6) is 0 Å². The summed E-state index contributed by atoms with van der Waals surface area (Å²) in [5.41, 5.74) is 6.51. The van der Waals surface area contributed by atoms with Gasteiger partial charge in [-0.3, -0.25) is 9.36 Å². The van der Waals surface area contributed by atoms with E-state index >= 15 is 0 Å². The summed E-state index contributed by atoms with van der Waals surface area (Å²) in [7, 11) is 0. The minimum atomic E-state index is -1.23. The number of nitrogens with one attached hydrogen (secondary N) is 1. The van der Waals surface area contributed by atoms with E-state index in [2.05, 4.69) is 20.3 Å². The summed E-state index contributed by atoms with van der Waals surface area (Å²) in [6, 6.07) is -0.860. The van der Waals surface area contributed by atoms with Crippen LogP contribution in [0.15, 0.2) is 12.7 Å². The number of carboxylic acid groups (broad SMARTS) is 1. The van der Waals surface area contributed by atoms with Gasteiger partial charge < -0.3 is 31.1 Å². The number of nitrogens with two attached hydrogens (primary N) is 1. The molecule has 1 fully saturated rings. The van der Waals surface area contributed by atoms with E-state index in [1.165, 1.54) is 24.4 Å². The van der Waals surface area contributed by atoms with Gasteiger partial charge in [0.15, 0.2) is 23.3 Å². The maximum absolute atomic E-state index is 10.7. The number of hydrogen-bond donors (Lipinski definition) is 5. The highest BCUT2D eigenvalue weighted by atomic mass is 32.2. The average Bonchev–Trinajstić information content (AvgIpc) is 3.18. The van der Waals surface area contributed by atoms with Gasteiger partial charge in [-0.15, -0.1) is 11.8 Å². The van der Waals surface area contributed by atoms with E-state index in [0.717, 1.165) is 0 Å². The maximum Gasteiger partial charge on any atom is 0.320 e. The maximum atomic E-state index is 10.7. The number of ether oxygens (including phenoxy) is 1. The van der Waals surface area contributed by atoms with Crippen LogP contribution in [-0.4, -0.2) is 70.9 Å². The Morgan fingerprint density at radius 3 is 2.96 bits per heavy atom. The molecule has 142 valence electrons. The van der Waals surface area contributed by atoms with Crippen molar-refractivity contribution in [3.8, 4) is 0 Å². The topological polar surface area (TPSA) is 169 Å². The molecule has 0 amide bonds. The number of carboxylic acids is 1. The second-order valence-corrected chi connectivity index (χ2v) is 6.90. The summed E-state index contributed by atoms with van der Waals surface area (Å²) in [6.07, 6.45) is 0.780. The van der Waals surface area contributed by atoms with Crippen molar-refractivity contribution in [1.82, 2.24) is 19.5 Å². The lowest BCUT2D eigenvalue weighted by molar-refractivity contribution is -0.140. The van der Waals surface area contributed by atoms with E-state index in [1.54, 1.807) is 4.57 Å². The normalized spacial score (nSPS) is 24.0. The van der Waals surface area contributed by atoms with Crippen LogP contribution < -0.4 is 11.1 Å². The molecule has 3 heterocycles. The Balaban J connectivity index is 1.61. The standard InChI is InChI=1S/C14H20N6O5S/c15-7(13(22)23)1-2-26-6-19-11-10-12(17-4-16-11)20(5-18-10)9-3-8(21)14(24)25-9/h4-5,7-9,14,21,24H,1-3,6,15H2,(H,22,23)(H,16,17,19). The monoisotopic (exact) mass is 384 g/mol. The van der Waals surface area contributed by atoms with Gasteiger partial charge in [-0.1, -0.05) is 0 Å². The minimum absolute atomic E-state index is 0.235. The van der Waals surface area contributed by atoms with Crippen molar-refractivity contribution < 1.29 is 24.9 Å². The van der Waals surface area contributed by atoms with Crippen LogP contribution in [-0.2, 0) is 9.53 Å². The van der Waals surface area contributed by atoms with Crippen LogP contribution in [0, 0.1) is 0 Å². The van der Waals surface area contributed by atoms with Gasteiger partial charge in [0.25, 0.3) is 0 Å². The molecule has 3 rings (SSSR count). The highest BCUT2D eigenvalue weighted by molar-refractivity contribution is 7.99. The third-order valence-corrected chi connectivity index (χ3v) is 4.84. The van der Waals surface area contributed by atoms with Gasteiger partial charge in [-0.2, -0.15) is 0 Å². The molecule has 4 unspecified atom stereocenters. The Morgan fingerprint density at radius 2 is 2.27 bits per heavy atom. The number of fused-ring (bicyclic) bond motifs is 1. The van der Waals surface area contributed by atoms with Gasteiger partial charge in [-0.25, -0.2) is 15.0 Å². The summed E-state index contributed by atoms with van der Waals surface area (Å²) in [6.45, 7) is 0. The predicted octanol–water partition coefficient (Wildman–Crippen LogP) is -0.671. The summed E-state index contributed by atoms with van der Waals surface area (Å²) >= 11 is 1.49. The zero-order valence-corrected chi connectivity index (χ0v) is 14.5. The molecule has 12 heteroatoms. The molecule has 0 aromatic carbocycles. The summed E-state index contributed by atoms with van der Waals surface area (Å²) < 4.78 is 6.94. The van der Waals surface area contributed by atoms with Gasteiger partial charge in [-0.05, 0) is 12.2 Å². The molecule has 0 aliphatic carbocycles. The zero-order chi connectivity index (χ0) is 18.7. The first-order valence-corrected chi connectivity index (χ1v) is 9.12. The van der Waals surface area contributed by atoms with Crippen LogP contribution in [0.3, 0.4) is 0 Å². The molecule has 1 aliphatic heterocycles. The predicted molar refractivity (Wildman–Crippen MR) is 93.3 cm³/mol. The fraction of sp³-hybridized carbons (Fsp3) is 0.571. The highest BCUT2D eigenvalue weighted by Crippen LogP contribution is 2.30. The Labute approximate surface area is 152 Å². The van der Waals surface area contributed by atoms with Crippen molar-refractivity contribution in [1.29, 1.82) is 0 Å². The second-order valence-electron chi connectivity index (χ2n) is 5.79. The Bertz CT molecular complexity index is 763. The van der Waals surface area contributed by atoms with Crippen molar-refractivity contribution >= 4 is 34.7 Å². The van der Waals surface area contributed by atoms with E-state index < -0.39 is 30.6 Å². The van der Waals surface area contributed by atoms with E-state index in [0.29, 0.717) is 35.0 Å². The highest BCUT2D eigenvalue weighted by Gasteiger charge is 2.34. The number of aromatic nitrogens is 4. The molecule has 0 spiro atoms. The van der Waals surface area contributed by atoms with Crippen molar-refractivity contribution in [2.75, 3.05) is 16.9 Å². The molecular weight excluding hydrogens is 364 g/mol. The van der Waals surface area contributed by atoms with Gasteiger partial charge in [0.1, 0.15) is 24.7 Å². The largest absolute Gasteiger partial charge is 0.480 e. The first-order chi connectivity index (χ1) is 12.5. The summed E-state index contributed by atoms with van der Waals surface area (Å²) in [5.74, 6) is 0.617. The SMILES string of the molecule is NC(CCSCNc1ncnc2c1ncn2C1CC(O)C(O)O1)C(=O)O. The van der Waals surface area contributed by atoms with Crippen molar-refractivity contribution in [2.45, 2.75) is 37.5 Å². The minimum Gasteiger partial charge on any atom is -0.480 e. The van der Waals surface area contributed by atoms with Crippen LogP contribution in [0.1, 0.15) is 19.1 Å². The Kier molecular flexibility index (Phi) is 5.88. The number of aliphatic hydroxyl groups is 2. The second kappa shape index (κ2) is 8.14. The van der Waals surface area contributed by atoms with Crippen LogP contribution in [0.4, 0.5) is 5.82 Å². The number of hydrogen-bond acceptors (Lipinski definition) is 10. The number of imidazole rings is 1. The molecule has 4 atom stereocenters. The molecule has 11 nitrogen and oxygen atoms in total. The van der Waals surface area contributed by atoms with E-state index in [-0.39, 0.29) is 6.42 Å². The Morgan fingerprint density at radius 1 is 1.46 bits per heavy atom. The lowest BCUT2D eigenvalue weighted by Crippen LogP contribution is -2.30. The summed E-state index contributed by atoms with van der Waals surface area (Å²) in [4.78, 5) is 23.3. The summed E-state index contributed by atoms with van der Waals surface area (Å²) in [5, 5.41) is 31.0. The molecule has 26 heavy (non-hydrogen) atoms. The van der Waals surface area contributed by atoms with Crippen LogP contribution in [0.25, 0.3) is 11.2 Å². The number of rotatable bonds is 8. The number of carbonyl (C=O) groups is 1. The number of aliphatic hydroxyl groups excluding tert-OH is 2. The third kappa shape index (κ3) is 4.04. The third-order valence-electron chi connectivity index (χ3n) is 3.97. The van der Waals surface area contributed by atoms with Gasteiger partial charge in [0.2, 0.25) is 0 Å². The fourth-order valence-corrected chi connectivity index (χ4v) is 3.33. The number of nitrogens with zero attached hydrogens (tertiary/aromatic N) is 4. The van der Waals surface area contributed by atoms with Crippen molar-refractivity contribution in [3.63, 3.8) is 0 Å². The molecular formula is C14H20N6O5S. The van der Waals surface area contributed by atoms with E-state index in [1.807, 2.05) is 0 Å². The lowest BCUT2D eigenvalue weighted by atomic mass is 10.2. The number of aliphatic carboxylic acids is 1. The molecule has 2 aromatic heterocycles. The first kappa shape index (κ1) is 18.8. The quantitative estimate of drug-likeness (QED) is 0.289. The lowest BCUT2D eigenvalue weighted by Gasteiger charge is -2.12. The number of thioether (sulfide) groups is 1. The van der Waals surface area contributed by atoms with Gasteiger partial charge in [0.05, 0.1) is 12.2 Å². The fourth-order valence-electron chi connectivity index (χ4n) is 2.53. The molecule has 1 saturated heterocycles.